The number of halogens is 1. The number of piperidine rings is 1. The van der Waals surface area contributed by atoms with Gasteiger partial charge < -0.3 is 10.2 Å². The molecule has 18 heavy (non-hydrogen) atoms. The Hall–Kier alpha value is -0.930. The van der Waals surface area contributed by atoms with E-state index in [1.807, 2.05) is 12.1 Å². The van der Waals surface area contributed by atoms with E-state index in [1.54, 1.807) is 6.07 Å². The van der Waals surface area contributed by atoms with Crippen LogP contribution in [0.15, 0.2) is 24.3 Å². The third-order valence-electron chi connectivity index (χ3n) is 3.70. The molecule has 1 saturated heterocycles. The summed E-state index contributed by atoms with van der Waals surface area (Å²) in [6.07, 6.45) is 2.45. The molecule has 0 saturated carbocycles. The second-order valence-electron chi connectivity index (χ2n) is 5.53. The molecule has 2 unspecified atom stereocenters. The fourth-order valence-electron chi connectivity index (χ4n) is 2.82. The maximum absolute atomic E-state index is 13.6. The van der Waals surface area contributed by atoms with Crippen LogP contribution in [-0.4, -0.2) is 31.1 Å². The predicted octanol–water partition coefficient (Wildman–Crippen LogP) is 2.65. The summed E-state index contributed by atoms with van der Waals surface area (Å²) in [6.45, 7) is 5.10. The van der Waals surface area contributed by atoms with Crippen LogP contribution in [-0.2, 0) is 6.54 Å². The molecule has 2 nitrogen and oxygen atoms in total. The molecule has 1 aromatic carbocycles. The van der Waals surface area contributed by atoms with E-state index in [9.17, 15) is 4.39 Å². The Bertz CT molecular complexity index is 381. The van der Waals surface area contributed by atoms with Gasteiger partial charge in [0.2, 0.25) is 0 Å². The Balaban J connectivity index is 1.85. The topological polar surface area (TPSA) is 15.3 Å². The van der Waals surface area contributed by atoms with Gasteiger partial charge in [-0.3, -0.25) is 0 Å². The first-order chi connectivity index (χ1) is 8.65. The van der Waals surface area contributed by atoms with Crippen molar-refractivity contribution in [2.75, 3.05) is 20.1 Å². The molecule has 1 aromatic rings. The van der Waals surface area contributed by atoms with E-state index in [-0.39, 0.29) is 5.82 Å². The van der Waals surface area contributed by atoms with Crippen molar-refractivity contribution < 1.29 is 4.39 Å². The minimum absolute atomic E-state index is 0.0944. The van der Waals surface area contributed by atoms with Crippen LogP contribution in [0.2, 0.25) is 0 Å². The van der Waals surface area contributed by atoms with E-state index in [1.165, 1.54) is 18.9 Å². The lowest BCUT2D eigenvalue weighted by Gasteiger charge is -2.31. The van der Waals surface area contributed by atoms with Crippen molar-refractivity contribution in [2.45, 2.75) is 32.4 Å². The molecule has 1 heterocycles. The lowest BCUT2D eigenvalue weighted by Crippen LogP contribution is -2.39. The zero-order valence-corrected chi connectivity index (χ0v) is 11.3. The number of hydrogen-bond donors (Lipinski definition) is 1. The molecule has 0 aliphatic carbocycles. The molecule has 0 aromatic heterocycles. The highest BCUT2D eigenvalue weighted by molar-refractivity contribution is 5.16. The molecule has 1 N–H and O–H groups in total. The Kier molecular flexibility index (Phi) is 4.72. The van der Waals surface area contributed by atoms with E-state index in [4.69, 9.17) is 0 Å². The Morgan fingerprint density at radius 1 is 1.39 bits per heavy atom. The Morgan fingerprint density at radius 3 is 2.89 bits per heavy atom. The quantitative estimate of drug-likeness (QED) is 0.883. The van der Waals surface area contributed by atoms with E-state index in [0.29, 0.717) is 12.6 Å². The van der Waals surface area contributed by atoms with E-state index >= 15 is 0 Å². The summed E-state index contributed by atoms with van der Waals surface area (Å²) in [7, 11) is 2.08. The van der Waals surface area contributed by atoms with E-state index in [0.717, 1.165) is 24.6 Å². The van der Waals surface area contributed by atoms with Gasteiger partial charge in [0.05, 0.1) is 0 Å². The highest BCUT2D eigenvalue weighted by Gasteiger charge is 2.19. The molecule has 0 spiro atoms. The van der Waals surface area contributed by atoms with Crippen LogP contribution < -0.4 is 5.32 Å². The molecule has 0 amide bonds. The molecular weight excluding hydrogens is 227 g/mol. The minimum Gasteiger partial charge on any atom is -0.314 e. The fraction of sp³-hybridized carbons (Fsp3) is 0.600. The van der Waals surface area contributed by atoms with Gasteiger partial charge in [-0.15, -0.1) is 0 Å². The third kappa shape index (κ3) is 3.79. The number of nitrogens with one attached hydrogen (secondary N) is 1. The normalized spacial score (nSPS) is 24.4. The summed E-state index contributed by atoms with van der Waals surface area (Å²) in [4.78, 5) is 2.24. The number of benzene rings is 1. The van der Waals surface area contributed by atoms with Crippen molar-refractivity contribution in [3.05, 3.63) is 35.6 Å². The molecule has 100 valence electrons. The SMILES string of the molecule is CC1CC(CN(C)Cc2ccccc2F)CCN1. The van der Waals surface area contributed by atoms with Gasteiger partial charge in [-0.25, -0.2) is 4.39 Å². The highest BCUT2D eigenvalue weighted by Crippen LogP contribution is 2.18. The standard InChI is InChI=1S/C15H23FN2/c1-12-9-13(7-8-17-12)10-18(2)11-14-5-3-4-6-15(14)16/h3-6,12-13,17H,7-11H2,1-2H3. The van der Waals surface area contributed by atoms with Crippen molar-refractivity contribution in [2.24, 2.45) is 5.92 Å². The van der Waals surface area contributed by atoms with Crippen LogP contribution in [0, 0.1) is 11.7 Å². The molecule has 1 fully saturated rings. The summed E-state index contributed by atoms with van der Waals surface area (Å²) in [5.74, 6) is 0.640. The third-order valence-corrected chi connectivity index (χ3v) is 3.70. The predicted molar refractivity (Wildman–Crippen MR) is 72.9 cm³/mol. The maximum atomic E-state index is 13.6. The van der Waals surface area contributed by atoms with Gasteiger partial charge >= 0.3 is 0 Å². The van der Waals surface area contributed by atoms with Crippen molar-refractivity contribution in [1.82, 2.24) is 10.2 Å². The average Bonchev–Trinajstić information content (AvgIpc) is 2.32. The van der Waals surface area contributed by atoms with Crippen molar-refractivity contribution >= 4 is 0 Å². The first kappa shape index (κ1) is 13.5. The summed E-state index contributed by atoms with van der Waals surface area (Å²) in [6, 6.07) is 7.67. The molecule has 0 bridgehead atoms. The summed E-state index contributed by atoms with van der Waals surface area (Å²) >= 11 is 0. The molecule has 2 rings (SSSR count). The van der Waals surface area contributed by atoms with Gasteiger partial charge in [-0.2, -0.15) is 0 Å². The minimum atomic E-state index is -0.0944. The van der Waals surface area contributed by atoms with Crippen molar-refractivity contribution in [1.29, 1.82) is 0 Å². The molecule has 3 heteroatoms. The van der Waals surface area contributed by atoms with Gasteiger partial charge in [-0.1, -0.05) is 18.2 Å². The van der Waals surface area contributed by atoms with Gasteiger partial charge in [0.15, 0.2) is 0 Å². The van der Waals surface area contributed by atoms with Crippen LogP contribution in [0.5, 0.6) is 0 Å². The van der Waals surface area contributed by atoms with Crippen LogP contribution >= 0.6 is 0 Å². The van der Waals surface area contributed by atoms with Crippen LogP contribution in [0.4, 0.5) is 4.39 Å². The monoisotopic (exact) mass is 250 g/mol. The fourth-order valence-corrected chi connectivity index (χ4v) is 2.82. The summed E-state index contributed by atoms with van der Waals surface area (Å²) in [5.41, 5.74) is 0.794. The Morgan fingerprint density at radius 2 is 2.17 bits per heavy atom. The number of nitrogens with zero attached hydrogens (tertiary/aromatic N) is 1. The number of rotatable bonds is 4. The van der Waals surface area contributed by atoms with Crippen LogP contribution in [0.3, 0.4) is 0 Å². The molecule has 1 aliphatic heterocycles. The smallest absolute Gasteiger partial charge is 0.127 e. The van der Waals surface area contributed by atoms with Gasteiger partial charge in [0.25, 0.3) is 0 Å². The summed E-state index contributed by atoms with van der Waals surface area (Å²) < 4.78 is 13.6. The highest BCUT2D eigenvalue weighted by atomic mass is 19.1. The van der Waals surface area contributed by atoms with Gasteiger partial charge in [-0.05, 0) is 45.3 Å². The van der Waals surface area contributed by atoms with E-state index < -0.39 is 0 Å². The second-order valence-corrected chi connectivity index (χ2v) is 5.53. The van der Waals surface area contributed by atoms with Crippen LogP contribution in [0.1, 0.15) is 25.3 Å². The van der Waals surface area contributed by atoms with Gasteiger partial charge in [0, 0.05) is 24.7 Å². The molecular formula is C15H23FN2. The lowest BCUT2D eigenvalue weighted by atomic mass is 9.93. The van der Waals surface area contributed by atoms with Crippen molar-refractivity contribution in [3.63, 3.8) is 0 Å². The zero-order valence-electron chi connectivity index (χ0n) is 11.3. The maximum Gasteiger partial charge on any atom is 0.127 e. The van der Waals surface area contributed by atoms with Crippen LogP contribution in [0.25, 0.3) is 0 Å². The zero-order chi connectivity index (χ0) is 13.0. The largest absolute Gasteiger partial charge is 0.314 e. The molecule has 2 atom stereocenters. The van der Waals surface area contributed by atoms with E-state index in [2.05, 4.69) is 24.2 Å². The summed E-state index contributed by atoms with van der Waals surface area (Å²) in [5, 5.41) is 3.47. The number of hydrogen-bond acceptors (Lipinski definition) is 2. The first-order valence-corrected chi connectivity index (χ1v) is 6.80. The average molecular weight is 250 g/mol. The first-order valence-electron chi connectivity index (χ1n) is 6.80. The molecule has 1 aliphatic rings. The second kappa shape index (κ2) is 6.30. The van der Waals surface area contributed by atoms with Gasteiger partial charge in [0.1, 0.15) is 5.82 Å². The molecule has 0 radical (unpaired) electrons. The van der Waals surface area contributed by atoms with Crippen molar-refractivity contribution in [3.8, 4) is 0 Å². The Labute approximate surface area is 109 Å². The lowest BCUT2D eigenvalue weighted by molar-refractivity contribution is 0.213.